The van der Waals surface area contributed by atoms with Crippen molar-refractivity contribution in [1.29, 1.82) is 0 Å². The summed E-state index contributed by atoms with van der Waals surface area (Å²) < 4.78 is 35.4. The van der Waals surface area contributed by atoms with Crippen LogP contribution in [0.1, 0.15) is 68.6 Å². The van der Waals surface area contributed by atoms with E-state index >= 15 is 4.39 Å². The van der Waals surface area contributed by atoms with Crippen molar-refractivity contribution in [3.63, 3.8) is 0 Å². The molecule has 0 saturated heterocycles. The highest BCUT2D eigenvalue weighted by atomic mass is 19.1. The van der Waals surface area contributed by atoms with Crippen molar-refractivity contribution in [1.82, 2.24) is 15.3 Å². The third-order valence-corrected chi connectivity index (χ3v) is 6.21. The molecule has 4 aromatic rings. The van der Waals surface area contributed by atoms with Gasteiger partial charge in [-0.05, 0) is 107 Å². The fourth-order valence-electron chi connectivity index (χ4n) is 4.68. The lowest BCUT2D eigenvalue weighted by Crippen LogP contribution is -2.36. The normalized spacial score (nSPS) is 13.1. The van der Waals surface area contributed by atoms with Gasteiger partial charge in [0.25, 0.3) is 0 Å². The molecule has 0 fully saturated rings. The molecule has 0 aliphatic heterocycles. The van der Waals surface area contributed by atoms with Crippen molar-refractivity contribution < 1.29 is 18.3 Å². The maximum absolute atomic E-state index is 15.1. The van der Waals surface area contributed by atoms with E-state index in [4.69, 9.17) is 10.5 Å². The van der Waals surface area contributed by atoms with E-state index in [2.05, 4.69) is 15.3 Å². The number of rotatable bonds is 5. The molecule has 8 heteroatoms. The number of carbonyl (C=O) groups excluding carboxylic acids is 1. The van der Waals surface area contributed by atoms with E-state index in [-0.39, 0.29) is 17.5 Å². The summed E-state index contributed by atoms with van der Waals surface area (Å²) in [6.45, 7) is 12.6. The third kappa shape index (κ3) is 5.91. The first-order valence-corrected chi connectivity index (χ1v) is 12.6. The Bertz CT molecular complexity index is 1540. The summed E-state index contributed by atoms with van der Waals surface area (Å²) in [6.07, 6.45) is 1.05. The highest BCUT2D eigenvalue weighted by Crippen LogP contribution is 2.32. The van der Waals surface area contributed by atoms with Crippen LogP contribution in [-0.2, 0) is 16.7 Å². The molecule has 1 atom stereocenters. The Labute approximate surface area is 221 Å². The number of hydrogen-bond donors (Lipinski definition) is 2. The second kappa shape index (κ2) is 9.91. The molecule has 0 bridgehead atoms. The molecule has 0 spiro atoms. The first kappa shape index (κ1) is 27.4. The minimum Gasteiger partial charge on any atom is -0.444 e. The maximum atomic E-state index is 15.1. The molecule has 2 aromatic heterocycles. The Balaban J connectivity index is 1.89. The number of aryl methyl sites for hydroxylation is 2. The number of carbonyl (C=O) groups is 1. The Hall–Kier alpha value is -3.65. The van der Waals surface area contributed by atoms with Gasteiger partial charge in [0, 0.05) is 34.6 Å². The maximum Gasteiger partial charge on any atom is 0.408 e. The number of hydrogen-bond acceptors (Lipinski definition) is 5. The molecule has 3 N–H and O–H groups in total. The first-order valence-electron chi connectivity index (χ1n) is 12.6. The van der Waals surface area contributed by atoms with Gasteiger partial charge in [0.2, 0.25) is 0 Å². The fourth-order valence-corrected chi connectivity index (χ4v) is 4.68. The standard InChI is InChI=1S/C30H34F2N4O2/c1-16-10-20-19(8-9-34-26(20)23(31)12-16)25(36-28(37)38-29(3,4)5)15-18-14-22(30(6,7)33)21-11-17(2)13-24(32)27(21)35-18/h8-14,25H,15,33H2,1-7H3,(H,36,37). The number of amides is 1. The number of pyridine rings is 2. The predicted molar refractivity (Wildman–Crippen MR) is 146 cm³/mol. The minimum absolute atomic E-state index is 0.181. The summed E-state index contributed by atoms with van der Waals surface area (Å²) in [7, 11) is 0. The van der Waals surface area contributed by atoms with Crippen LogP contribution in [-0.4, -0.2) is 21.7 Å². The lowest BCUT2D eigenvalue weighted by molar-refractivity contribution is 0.0503. The van der Waals surface area contributed by atoms with Crippen LogP contribution < -0.4 is 11.1 Å². The number of halogens is 2. The molecule has 2 heterocycles. The van der Waals surface area contributed by atoms with Crippen molar-refractivity contribution in [3.05, 3.63) is 82.2 Å². The Morgan fingerprint density at radius 2 is 1.58 bits per heavy atom. The van der Waals surface area contributed by atoms with Crippen LogP contribution in [0.5, 0.6) is 0 Å². The van der Waals surface area contributed by atoms with E-state index in [9.17, 15) is 9.18 Å². The van der Waals surface area contributed by atoms with Crippen molar-refractivity contribution >= 4 is 27.9 Å². The fraction of sp³-hybridized carbons (Fsp3) is 0.367. The number of alkyl carbamates (subject to hydrolysis) is 1. The first-order chi connectivity index (χ1) is 17.6. The highest BCUT2D eigenvalue weighted by molar-refractivity contribution is 5.86. The smallest absolute Gasteiger partial charge is 0.408 e. The summed E-state index contributed by atoms with van der Waals surface area (Å²) in [5.74, 6) is -0.901. The van der Waals surface area contributed by atoms with Crippen molar-refractivity contribution in [2.75, 3.05) is 0 Å². The Kier molecular flexibility index (Phi) is 7.14. The summed E-state index contributed by atoms with van der Waals surface area (Å²) in [4.78, 5) is 21.8. The van der Waals surface area contributed by atoms with Crippen LogP contribution in [0, 0.1) is 25.5 Å². The molecule has 1 unspecified atom stereocenters. The van der Waals surface area contributed by atoms with Gasteiger partial charge in [-0.3, -0.25) is 4.98 Å². The average Bonchev–Trinajstić information content (AvgIpc) is 2.76. The third-order valence-electron chi connectivity index (χ3n) is 6.21. The van der Waals surface area contributed by atoms with E-state index in [1.807, 2.05) is 39.0 Å². The molecule has 6 nitrogen and oxygen atoms in total. The number of ether oxygens (including phenoxy) is 1. The van der Waals surface area contributed by atoms with Crippen LogP contribution in [0.4, 0.5) is 13.6 Å². The molecule has 0 aliphatic carbocycles. The van der Waals surface area contributed by atoms with E-state index in [0.29, 0.717) is 27.6 Å². The quantitative estimate of drug-likeness (QED) is 0.306. The number of nitrogens with zero attached hydrogens (tertiary/aromatic N) is 2. The van der Waals surface area contributed by atoms with E-state index < -0.39 is 34.9 Å². The summed E-state index contributed by atoms with van der Waals surface area (Å²) >= 11 is 0. The molecule has 0 radical (unpaired) electrons. The summed E-state index contributed by atoms with van der Waals surface area (Å²) in [5.41, 5.74) is 8.77. The molecular weight excluding hydrogens is 486 g/mol. The number of fused-ring (bicyclic) bond motifs is 2. The summed E-state index contributed by atoms with van der Waals surface area (Å²) in [5, 5.41) is 4.13. The van der Waals surface area contributed by atoms with Crippen molar-refractivity contribution in [3.8, 4) is 0 Å². The highest BCUT2D eigenvalue weighted by Gasteiger charge is 2.26. The monoisotopic (exact) mass is 520 g/mol. The molecule has 0 saturated carbocycles. The van der Waals surface area contributed by atoms with Gasteiger partial charge in [0.05, 0.1) is 6.04 Å². The SMILES string of the molecule is Cc1cc(F)c2nccc(C(Cc3cc(C(C)(C)N)c4cc(C)cc(F)c4n3)NC(=O)OC(C)(C)C)c2c1. The molecular formula is C30H34F2N4O2. The topological polar surface area (TPSA) is 90.1 Å². The number of aromatic nitrogens is 2. The van der Waals surface area contributed by atoms with Gasteiger partial charge in [0.15, 0.2) is 0 Å². The Morgan fingerprint density at radius 1 is 0.974 bits per heavy atom. The molecule has 0 aliphatic rings. The molecule has 38 heavy (non-hydrogen) atoms. The molecule has 2 aromatic carbocycles. The van der Waals surface area contributed by atoms with Gasteiger partial charge in [-0.25, -0.2) is 18.6 Å². The second-order valence-corrected chi connectivity index (χ2v) is 11.5. The van der Waals surface area contributed by atoms with Gasteiger partial charge in [-0.15, -0.1) is 0 Å². The molecule has 1 amide bonds. The molecule has 200 valence electrons. The van der Waals surface area contributed by atoms with E-state index in [1.54, 1.807) is 33.8 Å². The largest absolute Gasteiger partial charge is 0.444 e. The zero-order valence-electron chi connectivity index (χ0n) is 22.9. The predicted octanol–water partition coefficient (Wildman–Crippen LogP) is 6.68. The van der Waals surface area contributed by atoms with Crippen molar-refractivity contribution in [2.24, 2.45) is 5.73 Å². The van der Waals surface area contributed by atoms with E-state index in [0.717, 1.165) is 11.1 Å². The van der Waals surface area contributed by atoms with Crippen LogP contribution >= 0.6 is 0 Å². The number of nitrogens with one attached hydrogen (secondary N) is 1. The Morgan fingerprint density at radius 3 is 2.18 bits per heavy atom. The van der Waals surface area contributed by atoms with Gasteiger partial charge in [-0.1, -0.05) is 0 Å². The zero-order chi connectivity index (χ0) is 28.0. The van der Waals surface area contributed by atoms with Gasteiger partial charge in [-0.2, -0.15) is 0 Å². The van der Waals surface area contributed by atoms with Crippen LogP contribution in [0.2, 0.25) is 0 Å². The molecule has 4 rings (SSSR count). The summed E-state index contributed by atoms with van der Waals surface area (Å²) in [6, 6.07) is 9.46. The lowest BCUT2D eigenvalue weighted by atomic mass is 9.89. The lowest BCUT2D eigenvalue weighted by Gasteiger charge is -2.26. The average molecular weight is 521 g/mol. The second-order valence-electron chi connectivity index (χ2n) is 11.5. The van der Waals surface area contributed by atoms with Crippen LogP contribution in [0.25, 0.3) is 21.8 Å². The van der Waals surface area contributed by atoms with Gasteiger partial charge in [0.1, 0.15) is 28.3 Å². The zero-order valence-corrected chi connectivity index (χ0v) is 22.9. The van der Waals surface area contributed by atoms with Crippen LogP contribution in [0.15, 0.2) is 42.6 Å². The number of nitrogens with two attached hydrogens (primary N) is 1. The minimum atomic E-state index is -0.784. The number of benzene rings is 2. The van der Waals surface area contributed by atoms with Gasteiger partial charge >= 0.3 is 6.09 Å². The van der Waals surface area contributed by atoms with Crippen LogP contribution in [0.3, 0.4) is 0 Å². The van der Waals surface area contributed by atoms with E-state index in [1.165, 1.54) is 18.3 Å². The van der Waals surface area contributed by atoms with Crippen molar-refractivity contribution in [2.45, 2.75) is 72.1 Å². The van der Waals surface area contributed by atoms with Gasteiger partial charge < -0.3 is 15.8 Å².